The second-order valence-electron chi connectivity index (χ2n) is 6.40. The summed E-state index contributed by atoms with van der Waals surface area (Å²) >= 11 is 0. The predicted octanol–water partition coefficient (Wildman–Crippen LogP) is 4.25. The number of esters is 1. The monoisotopic (exact) mass is 359 g/mol. The highest BCUT2D eigenvalue weighted by Gasteiger charge is 2.27. The predicted molar refractivity (Wildman–Crippen MR) is 102 cm³/mol. The minimum atomic E-state index is -0.529. The van der Waals surface area contributed by atoms with Crippen molar-refractivity contribution < 1.29 is 13.9 Å². The number of anilines is 2. The van der Waals surface area contributed by atoms with E-state index in [0.717, 1.165) is 29.6 Å². The fourth-order valence-electron chi connectivity index (χ4n) is 3.60. The summed E-state index contributed by atoms with van der Waals surface area (Å²) in [5.41, 5.74) is 4.26. The lowest BCUT2D eigenvalue weighted by atomic mass is 10.2. The van der Waals surface area contributed by atoms with Gasteiger partial charge in [-0.15, -0.1) is 0 Å². The van der Waals surface area contributed by atoms with Crippen LogP contribution in [0, 0.1) is 0 Å². The van der Waals surface area contributed by atoms with Crippen LogP contribution in [-0.2, 0) is 11.2 Å². The summed E-state index contributed by atoms with van der Waals surface area (Å²) in [6.45, 7) is 2.81. The molecule has 0 bridgehead atoms. The molecule has 1 aliphatic rings. The summed E-state index contributed by atoms with van der Waals surface area (Å²) in [6, 6.07) is 15.9. The Labute approximate surface area is 155 Å². The Balaban J connectivity index is 1.79. The van der Waals surface area contributed by atoms with E-state index in [9.17, 15) is 4.79 Å². The maximum absolute atomic E-state index is 12.4. The zero-order chi connectivity index (χ0) is 18.4. The maximum Gasteiger partial charge on any atom is 0.376 e. The summed E-state index contributed by atoms with van der Waals surface area (Å²) in [4.78, 5) is 23.5. The van der Waals surface area contributed by atoms with Crippen LogP contribution in [0.15, 0.2) is 52.9 Å². The largest absolute Gasteiger partial charge is 0.460 e. The van der Waals surface area contributed by atoms with Crippen LogP contribution in [0.5, 0.6) is 0 Å². The molecule has 0 saturated heterocycles. The number of carbonyl (C=O) groups is 1. The van der Waals surface area contributed by atoms with E-state index in [2.05, 4.69) is 27.0 Å². The molecule has 2 aromatic carbocycles. The maximum atomic E-state index is 12.4. The third-order valence-corrected chi connectivity index (χ3v) is 4.80. The number of hydrogen-bond acceptors (Lipinski definition) is 6. The first-order valence-corrected chi connectivity index (χ1v) is 8.98. The average molecular weight is 359 g/mol. The van der Waals surface area contributed by atoms with Crippen LogP contribution >= 0.6 is 0 Å². The van der Waals surface area contributed by atoms with Crippen LogP contribution in [0.1, 0.15) is 23.1 Å². The van der Waals surface area contributed by atoms with Crippen molar-refractivity contribution in [3.8, 4) is 0 Å². The summed E-state index contributed by atoms with van der Waals surface area (Å²) in [5, 5.41) is 0.856. The van der Waals surface area contributed by atoms with E-state index in [4.69, 9.17) is 9.15 Å². The minimum absolute atomic E-state index is 0.0512. The van der Waals surface area contributed by atoms with E-state index in [1.54, 1.807) is 6.92 Å². The van der Waals surface area contributed by atoms with Crippen LogP contribution in [-0.4, -0.2) is 29.1 Å². The number of furan rings is 1. The van der Waals surface area contributed by atoms with Gasteiger partial charge in [0.05, 0.1) is 6.61 Å². The van der Waals surface area contributed by atoms with Crippen molar-refractivity contribution in [2.45, 2.75) is 13.3 Å². The van der Waals surface area contributed by atoms with Gasteiger partial charge in [0.1, 0.15) is 11.1 Å². The third-order valence-electron chi connectivity index (χ3n) is 4.80. The summed E-state index contributed by atoms with van der Waals surface area (Å²) in [5.74, 6) is 0.123. The minimum Gasteiger partial charge on any atom is -0.460 e. The first kappa shape index (κ1) is 15.8. The molecule has 4 aromatic rings. The molecule has 1 aliphatic heterocycles. The Morgan fingerprint density at radius 2 is 1.96 bits per heavy atom. The molecular weight excluding hydrogens is 342 g/mol. The molecule has 0 atom stereocenters. The Morgan fingerprint density at radius 3 is 2.85 bits per heavy atom. The molecule has 0 amide bonds. The van der Waals surface area contributed by atoms with Gasteiger partial charge < -0.3 is 14.1 Å². The Morgan fingerprint density at radius 1 is 1.15 bits per heavy atom. The molecule has 0 spiro atoms. The fourth-order valence-corrected chi connectivity index (χ4v) is 3.60. The van der Waals surface area contributed by atoms with E-state index in [1.165, 1.54) is 5.56 Å². The van der Waals surface area contributed by atoms with Gasteiger partial charge in [-0.1, -0.05) is 30.3 Å². The second kappa shape index (κ2) is 6.09. The number of carbonyl (C=O) groups excluding carboxylic acids is 1. The van der Waals surface area contributed by atoms with Crippen LogP contribution < -0.4 is 4.90 Å². The second-order valence-corrected chi connectivity index (χ2v) is 6.40. The number of rotatable bonds is 3. The molecule has 5 rings (SSSR count). The van der Waals surface area contributed by atoms with Gasteiger partial charge in [-0.2, -0.15) is 0 Å². The molecule has 0 saturated carbocycles. The van der Waals surface area contributed by atoms with Gasteiger partial charge in [0.25, 0.3) is 0 Å². The first-order valence-electron chi connectivity index (χ1n) is 8.98. The molecule has 6 nitrogen and oxygen atoms in total. The smallest absolute Gasteiger partial charge is 0.376 e. The number of hydrogen-bond donors (Lipinski definition) is 0. The lowest BCUT2D eigenvalue weighted by molar-refractivity contribution is 0.0512. The van der Waals surface area contributed by atoms with Crippen molar-refractivity contribution in [1.82, 2.24) is 9.97 Å². The molecule has 0 unspecified atom stereocenters. The van der Waals surface area contributed by atoms with Crippen molar-refractivity contribution in [3.05, 3.63) is 59.9 Å². The molecule has 6 heteroatoms. The first-order chi connectivity index (χ1) is 13.3. The van der Waals surface area contributed by atoms with Crippen LogP contribution in [0.25, 0.3) is 22.1 Å². The summed E-state index contributed by atoms with van der Waals surface area (Å²) in [6.07, 6.45) is 0.913. The average Bonchev–Trinajstić information content (AvgIpc) is 3.29. The SMILES string of the molecule is CCOC(=O)c1nc(N2CCc3ccccc32)c2oc3ccccc3c2n1. The lowest BCUT2D eigenvalue weighted by Crippen LogP contribution is -2.18. The van der Waals surface area contributed by atoms with Gasteiger partial charge in [0, 0.05) is 17.6 Å². The van der Waals surface area contributed by atoms with Gasteiger partial charge in [0.15, 0.2) is 11.4 Å². The molecular formula is C21H17N3O3. The topological polar surface area (TPSA) is 68.5 Å². The Kier molecular flexibility index (Phi) is 3.57. The van der Waals surface area contributed by atoms with Crippen LogP contribution in [0.2, 0.25) is 0 Å². The quantitative estimate of drug-likeness (QED) is 0.510. The molecule has 2 aromatic heterocycles. The molecule has 0 aliphatic carbocycles. The van der Waals surface area contributed by atoms with E-state index < -0.39 is 5.97 Å². The van der Waals surface area contributed by atoms with E-state index in [1.807, 2.05) is 36.4 Å². The molecule has 0 fully saturated rings. The van der Waals surface area contributed by atoms with E-state index in [-0.39, 0.29) is 12.4 Å². The molecule has 0 N–H and O–H groups in total. The normalized spacial score (nSPS) is 13.3. The highest BCUT2D eigenvalue weighted by molar-refractivity contribution is 6.07. The molecule has 0 radical (unpaired) electrons. The van der Waals surface area contributed by atoms with Crippen LogP contribution in [0.3, 0.4) is 0 Å². The number of fused-ring (bicyclic) bond motifs is 4. The van der Waals surface area contributed by atoms with Gasteiger partial charge in [0.2, 0.25) is 5.82 Å². The number of benzene rings is 2. The zero-order valence-electron chi connectivity index (χ0n) is 14.8. The van der Waals surface area contributed by atoms with Crippen molar-refractivity contribution in [3.63, 3.8) is 0 Å². The number of nitrogens with zero attached hydrogens (tertiary/aromatic N) is 3. The van der Waals surface area contributed by atoms with Crippen molar-refractivity contribution in [1.29, 1.82) is 0 Å². The number of aromatic nitrogens is 2. The van der Waals surface area contributed by atoms with Gasteiger partial charge >= 0.3 is 5.97 Å². The molecule has 27 heavy (non-hydrogen) atoms. The summed E-state index contributed by atoms with van der Waals surface area (Å²) < 4.78 is 11.2. The Hall–Kier alpha value is -3.41. The standard InChI is InChI=1S/C21H17N3O3/c1-2-26-21(25)19-22-17-14-8-4-6-10-16(14)27-18(17)20(23-19)24-12-11-13-7-3-5-9-15(13)24/h3-10H,2,11-12H2,1H3. The van der Waals surface area contributed by atoms with E-state index in [0.29, 0.717) is 16.9 Å². The van der Waals surface area contributed by atoms with Crippen molar-refractivity contribution in [2.75, 3.05) is 18.1 Å². The van der Waals surface area contributed by atoms with Crippen molar-refractivity contribution >= 4 is 39.5 Å². The van der Waals surface area contributed by atoms with Gasteiger partial charge in [-0.3, -0.25) is 0 Å². The van der Waals surface area contributed by atoms with Gasteiger partial charge in [-0.05, 0) is 37.1 Å². The third kappa shape index (κ3) is 2.44. The molecule has 134 valence electrons. The van der Waals surface area contributed by atoms with E-state index >= 15 is 0 Å². The fraction of sp³-hybridized carbons (Fsp3) is 0.190. The van der Waals surface area contributed by atoms with Crippen molar-refractivity contribution in [2.24, 2.45) is 0 Å². The molecule has 3 heterocycles. The number of para-hydroxylation sites is 2. The van der Waals surface area contributed by atoms with Crippen LogP contribution in [0.4, 0.5) is 11.5 Å². The highest BCUT2D eigenvalue weighted by atomic mass is 16.5. The zero-order valence-corrected chi connectivity index (χ0v) is 14.8. The highest BCUT2D eigenvalue weighted by Crippen LogP contribution is 2.39. The Bertz CT molecular complexity index is 1180. The van der Waals surface area contributed by atoms with Gasteiger partial charge in [-0.25, -0.2) is 14.8 Å². The lowest BCUT2D eigenvalue weighted by Gasteiger charge is -2.18. The number of ether oxygens (including phenoxy) is 1. The summed E-state index contributed by atoms with van der Waals surface area (Å²) in [7, 11) is 0.